The Morgan fingerprint density at radius 3 is 1.77 bits per heavy atom. The van der Waals surface area contributed by atoms with Crippen molar-refractivity contribution >= 4 is 32.7 Å². The largest absolute Gasteiger partial charge is 0.456 e. The third-order valence-electron chi connectivity index (χ3n) is 7.77. The molecule has 0 amide bonds. The Morgan fingerprint density at radius 2 is 1.06 bits per heavy atom. The van der Waals surface area contributed by atoms with Gasteiger partial charge in [0.15, 0.2) is 17.5 Å². The van der Waals surface area contributed by atoms with E-state index in [4.69, 9.17) is 22.2 Å². The summed E-state index contributed by atoms with van der Waals surface area (Å²) in [5.74, 6) is -0.936. The Labute approximate surface area is 291 Å². The van der Waals surface area contributed by atoms with E-state index in [1.807, 2.05) is 42.5 Å². The van der Waals surface area contributed by atoms with Gasteiger partial charge in [-0.25, -0.2) is 15.0 Å². The minimum absolute atomic E-state index is 0.0308. The van der Waals surface area contributed by atoms with E-state index in [0.29, 0.717) is 33.0 Å². The Kier molecular flexibility index (Phi) is 3.87. The third kappa shape index (κ3) is 4.93. The van der Waals surface area contributed by atoms with Crippen LogP contribution in [0.2, 0.25) is 0 Å². The lowest BCUT2D eigenvalue weighted by molar-refractivity contribution is 0.669. The molecular formula is C43H27N3O. The van der Waals surface area contributed by atoms with Crippen LogP contribution < -0.4 is 0 Å². The van der Waals surface area contributed by atoms with Gasteiger partial charge in [0.1, 0.15) is 11.2 Å². The molecule has 0 N–H and O–H groups in total. The average Bonchev–Trinajstić information content (AvgIpc) is 3.63. The van der Waals surface area contributed by atoms with Crippen molar-refractivity contribution in [2.24, 2.45) is 0 Å². The standard InChI is InChI=1S/C43H27N3O/c1-3-11-30(12-4-1)41-44-42(31-13-5-2-6-14-31)46-43(45-41)32-21-19-29(20-22-32)36-16-9-17-38-40(36)37-25-24-35(27-39(37)47-38)34-23-18-28-10-7-8-15-33(28)26-34/h1-27H/i1D,2D,3D,4D,5D,6D,11D,12D,13D,14D,16D,17D,24D,27D. The molecule has 0 aliphatic rings. The summed E-state index contributed by atoms with van der Waals surface area (Å²) in [5.41, 5.74) is 1.60. The van der Waals surface area contributed by atoms with Crippen LogP contribution in [-0.2, 0) is 0 Å². The van der Waals surface area contributed by atoms with Crippen molar-refractivity contribution in [1.82, 2.24) is 15.0 Å². The summed E-state index contributed by atoms with van der Waals surface area (Å²) in [6.45, 7) is 0. The van der Waals surface area contributed by atoms with E-state index in [1.165, 1.54) is 6.07 Å². The summed E-state index contributed by atoms with van der Waals surface area (Å²) in [4.78, 5) is 13.3. The van der Waals surface area contributed by atoms with Crippen molar-refractivity contribution in [2.45, 2.75) is 0 Å². The van der Waals surface area contributed by atoms with Crippen molar-refractivity contribution < 1.29 is 23.6 Å². The summed E-state index contributed by atoms with van der Waals surface area (Å²) in [5, 5.41) is 2.68. The van der Waals surface area contributed by atoms with Gasteiger partial charge in [-0.1, -0.05) is 139 Å². The van der Waals surface area contributed by atoms with E-state index in [-0.39, 0.29) is 46.7 Å². The van der Waals surface area contributed by atoms with E-state index in [0.717, 1.165) is 10.8 Å². The fourth-order valence-corrected chi connectivity index (χ4v) is 5.53. The first-order valence-electron chi connectivity index (χ1n) is 21.5. The molecule has 0 aliphatic heterocycles. The highest BCUT2D eigenvalue weighted by Gasteiger charge is 2.16. The highest BCUT2D eigenvalue weighted by atomic mass is 16.3. The molecule has 0 radical (unpaired) electrons. The summed E-state index contributed by atoms with van der Waals surface area (Å²) in [7, 11) is 0. The molecule has 9 aromatic rings. The molecular weight excluding hydrogens is 574 g/mol. The number of nitrogens with zero attached hydrogens (tertiary/aromatic N) is 3. The molecule has 2 heterocycles. The number of aromatic nitrogens is 3. The lowest BCUT2D eigenvalue weighted by Gasteiger charge is -2.09. The van der Waals surface area contributed by atoms with Gasteiger partial charge in [-0.2, -0.15) is 0 Å². The number of hydrogen-bond donors (Lipinski definition) is 0. The molecule has 0 saturated carbocycles. The van der Waals surface area contributed by atoms with E-state index >= 15 is 0 Å². The summed E-state index contributed by atoms with van der Waals surface area (Å²) >= 11 is 0. The second-order valence-corrected chi connectivity index (χ2v) is 10.6. The van der Waals surface area contributed by atoms with Crippen LogP contribution in [0.5, 0.6) is 0 Å². The molecule has 0 bridgehead atoms. The fraction of sp³-hybridized carbons (Fsp3) is 0. The molecule has 220 valence electrons. The predicted molar refractivity (Wildman–Crippen MR) is 192 cm³/mol. The van der Waals surface area contributed by atoms with Gasteiger partial charge in [0, 0.05) is 27.5 Å². The van der Waals surface area contributed by atoms with Crippen molar-refractivity contribution in [3.8, 4) is 56.4 Å². The maximum Gasteiger partial charge on any atom is 0.164 e. The Bertz CT molecular complexity index is 3220. The summed E-state index contributed by atoms with van der Waals surface area (Å²) in [6.07, 6.45) is 0. The first-order chi connectivity index (χ1) is 29.1. The SMILES string of the molecule is [2H]c1cc2c(oc3c([2H])cc([2H])c(-c4ccc(-c5nc(-c6c([2H])c([2H])c([2H])c([2H])c6[2H])nc(-c6c([2H])c([2H])c([2H])c([2H])c6[2H])n5)cc4)c32)c([2H])c1-c1ccc2ccccc2c1. The highest BCUT2D eigenvalue weighted by molar-refractivity contribution is 6.13. The molecule has 0 unspecified atom stereocenters. The van der Waals surface area contributed by atoms with Gasteiger partial charge in [0.25, 0.3) is 0 Å². The smallest absolute Gasteiger partial charge is 0.164 e. The van der Waals surface area contributed by atoms with E-state index in [2.05, 4.69) is 15.0 Å². The summed E-state index contributed by atoms with van der Waals surface area (Å²) < 4.78 is 126. The normalized spacial score (nSPS) is 15.6. The zero-order chi connectivity index (χ0) is 43.3. The number of rotatable bonds is 5. The van der Waals surface area contributed by atoms with Crippen molar-refractivity contribution in [1.29, 1.82) is 0 Å². The average molecular weight is 616 g/mol. The van der Waals surface area contributed by atoms with Crippen LogP contribution in [0.25, 0.3) is 89.1 Å². The van der Waals surface area contributed by atoms with Gasteiger partial charge in [-0.3, -0.25) is 0 Å². The van der Waals surface area contributed by atoms with E-state index in [9.17, 15) is 1.37 Å². The topological polar surface area (TPSA) is 51.8 Å². The zero-order valence-corrected chi connectivity index (χ0v) is 24.3. The van der Waals surface area contributed by atoms with Gasteiger partial charge >= 0.3 is 0 Å². The number of hydrogen-bond acceptors (Lipinski definition) is 4. The lowest BCUT2D eigenvalue weighted by Crippen LogP contribution is -2.00. The van der Waals surface area contributed by atoms with Gasteiger partial charge < -0.3 is 4.42 Å². The molecule has 4 nitrogen and oxygen atoms in total. The first-order valence-corrected chi connectivity index (χ1v) is 14.5. The number of fused-ring (bicyclic) bond motifs is 4. The quantitative estimate of drug-likeness (QED) is 0.193. The van der Waals surface area contributed by atoms with Crippen molar-refractivity contribution in [3.63, 3.8) is 0 Å². The summed E-state index contributed by atoms with van der Waals surface area (Å²) in [6, 6.07) is 16.2. The van der Waals surface area contributed by atoms with Gasteiger partial charge in [0.2, 0.25) is 0 Å². The predicted octanol–water partition coefficient (Wildman–Crippen LogP) is 11.3. The van der Waals surface area contributed by atoms with Gasteiger partial charge in [-0.05, 0) is 57.2 Å². The van der Waals surface area contributed by atoms with Gasteiger partial charge in [-0.15, -0.1) is 0 Å². The molecule has 7 aromatic carbocycles. The molecule has 2 aromatic heterocycles. The minimum Gasteiger partial charge on any atom is -0.456 e. The van der Waals surface area contributed by atoms with Crippen LogP contribution in [0.3, 0.4) is 0 Å². The molecule has 9 rings (SSSR count). The fourth-order valence-electron chi connectivity index (χ4n) is 5.53. The van der Waals surface area contributed by atoms with Gasteiger partial charge in [0.05, 0.1) is 19.2 Å². The van der Waals surface area contributed by atoms with Crippen LogP contribution >= 0.6 is 0 Å². The first kappa shape index (κ1) is 16.3. The van der Waals surface area contributed by atoms with E-state index < -0.39 is 83.2 Å². The van der Waals surface area contributed by atoms with Crippen LogP contribution in [0, 0.1) is 0 Å². The molecule has 0 spiro atoms. The Balaban J connectivity index is 1.22. The van der Waals surface area contributed by atoms with E-state index in [1.54, 1.807) is 30.3 Å². The number of furan rings is 1. The molecule has 0 saturated heterocycles. The monoisotopic (exact) mass is 615 g/mol. The molecule has 47 heavy (non-hydrogen) atoms. The maximum atomic E-state index is 9.21. The van der Waals surface area contributed by atoms with Crippen molar-refractivity contribution in [2.75, 3.05) is 0 Å². The Morgan fingerprint density at radius 1 is 0.447 bits per heavy atom. The van der Waals surface area contributed by atoms with Crippen molar-refractivity contribution in [3.05, 3.63) is 163 Å². The van der Waals surface area contributed by atoms with Crippen LogP contribution in [0.1, 0.15) is 19.2 Å². The third-order valence-corrected chi connectivity index (χ3v) is 7.77. The Hall–Kier alpha value is -6.39. The zero-order valence-electron chi connectivity index (χ0n) is 38.3. The van der Waals surface area contributed by atoms with Crippen LogP contribution in [0.15, 0.2) is 168 Å². The van der Waals surface area contributed by atoms with Crippen LogP contribution in [-0.4, -0.2) is 15.0 Å². The highest BCUT2D eigenvalue weighted by Crippen LogP contribution is 2.39. The second kappa shape index (κ2) is 11.2. The number of benzene rings is 7. The lowest BCUT2D eigenvalue weighted by atomic mass is 9.97. The molecule has 0 aliphatic carbocycles. The van der Waals surface area contributed by atoms with Crippen LogP contribution in [0.4, 0.5) is 0 Å². The second-order valence-electron chi connectivity index (χ2n) is 10.6. The molecule has 0 fully saturated rings. The molecule has 0 atom stereocenters. The maximum absolute atomic E-state index is 9.21. The minimum atomic E-state index is -0.658. The molecule has 4 heteroatoms.